The maximum Gasteiger partial charge on any atom is 0.323 e. The van der Waals surface area contributed by atoms with Crippen LogP contribution >= 0.6 is 0 Å². The fourth-order valence-electron chi connectivity index (χ4n) is 2.75. The highest BCUT2D eigenvalue weighted by Gasteiger charge is 2.29. The van der Waals surface area contributed by atoms with Gasteiger partial charge in [0, 0.05) is 18.3 Å². The van der Waals surface area contributed by atoms with Gasteiger partial charge in [0.25, 0.3) is 0 Å². The molecule has 1 aromatic heterocycles. The van der Waals surface area contributed by atoms with Crippen LogP contribution in [0.5, 0.6) is 0 Å². The van der Waals surface area contributed by atoms with Gasteiger partial charge in [0.2, 0.25) is 0 Å². The smallest absolute Gasteiger partial charge is 0.323 e. The summed E-state index contributed by atoms with van der Waals surface area (Å²) >= 11 is 0. The number of nitrogens with one attached hydrogen (secondary N) is 2. The van der Waals surface area contributed by atoms with Crippen molar-refractivity contribution in [3.8, 4) is 0 Å². The first-order valence-electron chi connectivity index (χ1n) is 9.02. The lowest BCUT2D eigenvalue weighted by Gasteiger charge is -2.24. The third kappa shape index (κ3) is 6.86. The Bertz CT molecular complexity index is 701. The number of methoxy groups -OCH3 is 1. The van der Waals surface area contributed by atoms with E-state index in [0.717, 1.165) is 11.3 Å². The number of aromatic nitrogens is 2. The molecule has 0 bridgehead atoms. The number of hydrogen-bond donors (Lipinski definition) is 2. The molecule has 146 valence electrons. The van der Waals surface area contributed by atoms with Gasteiger partial charge >= 0.3 is 11.9 Å². The number of nitrogens with zero attached hydrogens (tertiary/aromatic N) is 1. The lowest BCUT2D eigenvalue weighted by Crippen LogP contribution is -2.49. The summed E-state index contributed by atoms with van der Waals surface area (Å²) < 4.78 is 10.4. The Morgan fingerprint density at radius 1 is 1.11 bits per heavy atom. The van der Waals surface area contributed by atoms with Crippen LogP contribution in [0.1, 0.15) is 31.5 Å². The molecule has 7 heteroatoms. The fraction of sp³-hybridized carbons (Fsp3) is 0.450. The largest absolute Gasteiger partial charge is 0.468 e. The summed E-state index contributed by atoms with van der Waals surface area (Å²) in [6.07, 6.45) is 2.50. The first-order valence-corrected chi connectivity index (χ1v) is 9.02. The minimum Gasteiger partial charge on any atom is -0.468 e. The normalized spacial score (nSPS) is 13.2. The summed E-state index contributed by atoms with van der Waals surface area (Å²) in [4.78, 5) is 24.8. The number of rotatable bonds is 10. The predicted molar refractivity (Wildman–Crippen MR) is 101 cm³/mol. The summed E-state index contributed by atoms with van der Waals surface area (Å²) in [5.41, 5.74) is 1.69. The van der Waals surface area contributed by atoms with Gasteiger partial charge in [-0.2, -0.15) is 5.10 Å². The van der Waals surface area contributed by atoms with Crippen LogP contribution in [0.25, 0.3) is 0 Å². The highest BCUT2D eigenvalue weighted by Crippen LogP contribution is 2.11. The molecule has 2 aromatic rings. The molecule has 2 N–H and O–H groups in total. The second kappa shape index (κ2) is 10.5. The van der Waals surface area contributed by atoms with Crippen LogP contribution in [0.4, 0.5) is 0 Å². The van der Waals surface area contributed by atoms with E-state index in [1.807, 2.05) is 44.2 Å². The highest BCUT2D eigenvalue weighted by molar-refractivity contribution is 5.79. The Morgan fingerprint density at radius 2 is 1.85 bits per heavy atom. The zero-order chi connectivity index (χ0) is 19.6. The number of H-pyrrole nitrogens is 1. The Kier molecular flexibility index (Phi) is 8.00. The summed E-state index contributed by atoms with van der Waals surface area (Å²) in [7, 11) is 1.33. The Hall–Kier alpha value is -2.67. The van der Waals surface area contributed by atoms with Crippen LogP contribution in [-0.4, -0.2) is 41.3 Å². The zero-order valence-corrected chi connectivity index (χ0v) is 16.0. The highest BCUT2D eigenvalue weighted by atomic mass is 16.5. The minimum atomic E-state index is -0.677. The summed E-state index contributed by atoms with van der Waals surface area (Å²) in [6.45, 7) is 4.22. The number of hydrogen-bond acceptors (Lipinski definition) is 6. The Morgan fingerprint density at radius 3 is 2.44 bits per heavy atom. The summed E-state index contributed by atoms with van der Waals surface area (Å²) in [5, 5.41) is 9.83. The van der Waals surface area contributed by atoms with Crippen molar-refractivity contribution in [3.05, 3.63) is 53.9 Å². The van der Waals surface area contributed by atoms with E-state index in [1.165, 1.54) is 7.11 Å². The van der Waals surface area contributed by atoms with E-state index in [2.05, 4.69) is 15.5 Å². The fourth-order valence-corrected chi connectivity index (χ4v) is 2.75. The standard InChI is InChI=1S/C20H27N3O4/c1-14(2)11-17(20(25)27-13-15-7-5-4-6-8-15)22-18(19(24)26-3)12-16-9-10-21-23-16/h4-10,14,17-18,22H,11-13H2,1-3H3,(H,21,23). The molecule has 0 spiro atoms. The Labute approximate surface area is 159 Å². The molecule has 0 aliphatic carbocycles. The van der Waals surface area contributed by atoms with Gasteiger partial charge in [-0.25, -0.2) is 0 Å². The van der Waals surface area contributed by atoms with Gasteiger partial charge in [-0.05, 0) is 24.0 Å². The lowest BCUT2D eigenvalue weighted by atomic mass is 10.0. The van der Waals surface area contributed by atoms with Gasteiger partial charge in [0.1, 0.15) is 18.7 Å². The van der Waals surface area contributed by atoms with Crippen molar-refractivity contribution in [2.24, 2.45) is 5.92 Å². The first-order chi connectivity index (χ1) is 13.0. The molecule has 2 atom stereocenters. The van der Waals surface area contributed by atoms with E-state index < -0.39 is 18.1 Å². The molecule has 7 nitrogen and oxygen atoms in total. The summed E-state index contributed by atoms with van der Waals surface area (Å²) in [5.74, 6) is -0.572. The SMILES string of the molecule is COC(=O)C(Cc1ccn[nH]1)NC(CC(C)C)C(=O)OCc1ccccc1. The molecular formula is C20H27N3O4. The van der Waals surface area contributed by atoms with E-state index in [9.17, 15) is 9.59 Å². The number of esters is 2. The van der Waals surface area contributed by atoms with Crippen molar-refractivity contribution in [2.45, 2.75) is 45.4 Å². The van der Waals surface area contributed by atoms with Crippen LogP contribution < -0.4 is 5.32 Å². The predicted octanol–water partition coefficient (Wildman–Crippen LogP) is 2.24. The molecule has 2 rings (SSSR count). The van der Waals surface area contributed by atoms with Crippen molar-refractivity contribution in [1.29, 1.82) is 0 Å². The zero-order valence-electron chi connectivity index (χ0n) is 16.0. The van der Waals surface area contributed by atoms with Gasteiger partial charge in [0.15, 0.2) is 0 Å². The molecule has 2 unspecified atom stereocenters. The molecule has 0 saturated heterocycles. The van der Waals surface area contributed by atoms with Crippen LogP contribution in [0, 0.1) is 5.92 Å². The van der Waals surface area contributed by atoms with Crippen LogP contribution in [0.3, 0.4) is 0 Å². The minimum absolute atomic E-state index is 0.194. The van der Waals surface area contributed by atoms with Gasteiger partial charge in [-0.1, -0.05) is 44.2 Å². The maximum atomic E-state index is 12.6. The van der Waals surface area contributed by atoms with Gasteiger partial charge in [0.05, 0.1) is 7.11 Å². The van der Waals surface area contributed by atoms with Gasteiger partial charge in [-0.3, -0.25) is 20.0 Å². The number of carbonyl (C=O) groups is 2. The van der Waals surface area contributed by atoms with Crippen LogP contribution in [-0.2, 0) is 32.1 Å². The number of carbonyl (C=O) groups excluding carboxylic acids is 2. The van der Waals surface area contributed by atoms with Crippen molar-refractivity contribution < 1.29 is 19.1 Å². The summed E-state index contributed by atoms with van der Waals surface area (Å²) in [6, 6.07) is 9.98. The molecule has 0 fully saturated rings. The molecule has 1 heterocycles. The maximum absolute atomic E-state index is 12.6. The molecule has 27 heavy (non-hydrogen) atoms. The third-order valence-corrected chi connectivity index (χ3v) is 4.09. The number of aromatic amines is 1. The topological polar surface area (TPSA) is 93.3 Å². The van der Waals surface area contributed by atoms with E-state index in [-0.39, 0.29) is 18.5 Å². The van der Waals surface area contributed by atoms with Gasteiger partial charge < -0.3 is 9.47 Å². The molecule has 0 aliphatic rings. The number of ether oxygens (including phenoxy) is 2. The molecule has 0 radical (unpaired) electrons. The van der Waals surface area contributed by atoms with E-state index in [0.29, 0.717) is 12.8 Å². The van der Waals surface area contributed by atoms with Crippen molar-refractivity contribution >= 4 is 11.9 Å². The van der Waals surface area contributed by atoms with Crippen molar-refractivity contribution in [2.75, 3.05) is 7.11 Å². The third-order valence-electron chi connectivity index (χ3n) is 4.09. The second-order valence-electron chi connectivity index (χ2n) is 6.80. The van der Waals surface area contributed by atoms with E-state index >= 15 is 0 Å². The molecule has 0 saturated carbocycles. The van der Waals surface area contributed by atoms with E-state index in [4.69, 9.17) is 9.47 Å². The van der Waals surface area contributed by atoms with E-state index in [1.54, 1.807) is 12.3 Å². The van der Waals surface area contributed by atoms with Crippen LogP contribution in [0.2, 0.25) is 0 Å². The van der Waals surface area contributed by atoms with Crippen molar-refractivity contribution in [3.63, 3.8) is 0 Å². The van der Waals surface area contributed by atoms with Crippen molar-refractivity contribution in [1.82, 2.24) is 15.5 Å². The average molecular weight is 373 g/mol. The first kappa shape index (κ1) is 20.6. The van der Waals surface area contributed by atoms with Crippen LogP contribution in [0.15, 0.2) is 42.6 Å². The molecule has 0 amide bonds. The quantitative estimate of drug-likeness (QED) is 0.621. The van der Waals surface area contributed by atoms with Gasteiger partial charge in [-0.15, -0.1) is 0 Å². The average Bonchev–Trinajstić information content (AvgIpc) is 3.18. The lowest BCUT2D eigenvalue weighted by molar-refractivity contribution is -0.149. The molecule has 1 aromatic carbocycles. The number of benzene rings is 1. The monoisotopic (exact) mass is 373 g/mol. The molecule has 0 aliphatic heterocycles. The Balaban J connectivity index is 2.05. The molecular weight excluding hydrogens is 346 g/mol. The second-order valence-corrected chi connectivity index (χ2v) is 6.80.